The summed E-state index contributed by atoms with van der Waals surface area (Å²) in [6.45, 7) is 14.1. The van der Waals surface area contributed by atoms with E-state index in [0.29, 0.717) is 6.61 Å². The van der Waals surface area contributed by atoms with E-state index in [4.69, 9.17) is 23.4 Å². The first-order valence-electron chi connectivity index (χ1n) is 4.10. The molecule has 0 heterocycles. The van der Waals surface area contributed by atoms with E-state index in [2.05, 4.69) is 20.0 Å². The Kier molecular flexibility index (Phi) is 35.2. The van der Waals surface area contributed by atoms with Gasteiger partial charge in [0.15, 0.2) is 0 Å². The van der Waals surface area contributed by atoms with Crippen LogP contribution in [-0.2, 0) is 42.7 Å². The van der Waals surface area contributed by atoms with Gasteiger partial charge in [0, 0.05) is 24.5 Å². The maximum atomic E-state index is 7.50. The zero-order chi connectivity index (χ0) is 14.1. The van der Waals surface area contributed by atoms with E-state index < -0.39 is 0 Å². The molecule has 0 aliphatic carbocycles. The number of benzene rings is 1. The minimum Gasteiger partial charge on any atom is 0 e. The smallest absolute Gasteiger partial charge is 0 e. The van der Waals surface area contributed by atoms with Gasteiger partial charge in [-0.25, -0.2) is 0 Å². The molecule has 0 aliphatic heterocycles. The molecule has 0 saturated heterocycles. The van der Waals surface area contributed by atoms with E-state index in [0.717, 1.165) is 11.3 Å². The van der Waals surface area contributed by atoms with Crippen LogP contribution >= 0.6 is 0 Å². The number of methoxy groups -OCH3 is 2. The van der Waals surface area contributed by atoms with Crippen molar-refractivity contribution in [2.75, 3.05) is 14.2 Å². The van der Waals surface area contributed by atoms with Gasteiger partial charge in [-0.2, -0.15) is 0 Å². The van der Waals surface area contributed by atoms with Crippen LogP contribution in [0.1, 0.15) is 5.56 Å². The molecule has 1 rings (SSSR count). The van der Waals surface area contributed by atoms with Gasteiger partial charge in [-0.15, -0.1) is 0 Å². The number of hydrogen-bond donors (Lipinski definition) is 0. The van der Waals surface area contributed by atoms with Gasteiger partial charge >= 0.3 is 33.9 Å². The Balaban J connectivity index is -0.000000123. The SMILES string of the molecule is COCc1cccc(OC)c1.[C-]#[O+].[C-]#[O+].[C-]#[O+].[Cr]. The first kappa shape index (κ1) is 25.5. The van der Waals surface area contributed by atoms with Crippen molar-refractivity contribution in [1.29, 1.82) is 0 Å². The summed E-state index contributed by atoms with van der Waals surface area (Å²) >= 11 is 0. The van der Waals surface area contributed by atoms with Crippen LogP contribution < -0.4 is 4.74 Å². The summed E-state index contributed by atoms with van der Waals surface area (Å²) in [5.74, 6) is 0.875. The van der Waals surface area contributed by atoms with E-state index in [-0.39, 0.29) is 17.4 Å². The normalized spacial score (nSPS) is 6.22. The molecule has 6 heteroatoms. The third-order valence-corrected chi connectivity index (χ3v) is 1.45. The second-order valence-electron chi connectivity index (χ2n) is 2.28. The molecular weight excluding hydrogens is 276 g/mol. The molecule has 1 aromatic rings. The monoisotopic (exact) mass is 288 g/mol. The van der Waals surface area contributed by atoms with Crippen LogP contribution in [0.25, 0.3) is 0 Å². The fourth-order valence-corrected chi connectivity index (χ4v) is 0.929. The van der Waals surface area contributed by atoms with Crippen molar-refractivity contribution in [2.45, 2.75) is 6.61 Å². The van der Waals surface area contributed by atoms with Gasteiger partial charge in [-0.1, -0.05) is 12.1 Å². The number of rotatable bonds is 3. The zero-order valence-electron chi connectivity index (χ0n) is 9.97. The van der Waals surface area contributed by atoms with Crippen LogP contribution in [-0.4, -0.2) is 14.2 Å². The third-order valence-electron chi connectivity index (χ3n) is 1.45. The van der Waals surface area contributed by atoms with Crippen molar-refractivity contribution < 1.29 is 40.8 Å². The standard InChI is InChI=1S/C9H12O2.3CO.Cr/c1-10-7-8-4-3-5-9(6-8)11-2;3*1-2;/h3-6H,7H2,1-2H3;;;;. The van der Waals surface area contributed by atoms with Crippen molar-refractivity contribution in [3.63, 3.8) is 0 Å². The van der Waals surface area contributed by atoms with Crippen LogP contribution in [0.3, 0.4) is 0 Å². The zero-order valence-corrected chi connectivity index (χ0v) is 11.2. The minimum atomic E-state index is 0. The number of ether oxygens (including phenoxy) is 2. The molecule has 18 heavy (non-hydrogen) atoms. The van der Waals surface area contributed by atoms with Crippen molar-refractivity contribution in [2.24, 2.45) is 0 Å². The minimum absolute atomic E-state index is 0. The molecule has 0 aromatic heterocycles. The Morgan fingerprint density at radius 3 is 1.89 bits per heavy atom. The predicted molar refractivity (Wildman–Crippen MR) is 55.5 cm³/mol. The average Bonchev–Trinajstić information content (AvgIpc) is 2.46. The summed E-state index contributed by atoms with van der Waals surface area (Å²) in [6, 6.07) is 7.84. The fourth-order valence-electron chi connectivity index (χ4n) is 0.929. The summed E-state index contributed by atoms with van der Waals surface area (Å²) in [4.78, 5) is 0. The topological polar surface area (TPSA) is 78.2 Å². The van der Waals surface area contributed by atoms with E-state index in [1.54, 1.807) is 14.2 Å². The summed E-state index contributed by atoms with van der Waals surface area (Å²) in [5.41, 5.74) is 1.13. The molecule has 0 amide bonds. The summed E-state index contributed by atoms with van der Waals surface area (Å²) in [5, 5.41) is 0. The molecule has 0 bridgehead atoms. The van der Waals surface area contributed by atoms with Gasteiger partial charge in [0.05, 0.1) is 13.7 Å². The van der Waals surface area contributed by atoms with Crippen LogP contribution in [0.2, 0.25) is 0 Å². The quantitative estimate of drug-likeness (QED) is 0.627. The summed E-state index contributed by atoms with van der Waals surface area (Å²) < 4.78 is 32.5. The van der Waals surface area contributed by atoms with Gasteiger partial charge in [-0.05, 0) is 17.7 Å². The Labute approximate surface area is 117 Å². The maximum Gasteiger partial charge on any atom is 0 e. The second-order valence-corrected chi connectivity index (χ2v) is 2.28. The third kappa shape index (κ3) is 14.7. The molecule has 0 unspecified atom stereocenters. The first-order valence-corrected chi connectivity index (χ1v) is 4.10. The van der Waals surface area contributed by atoms with Crippen LogP contribution in [0.5, 0.6) is 5.75 Å². The van der Waals surface area contributed by atoms with Gasteiger partial charge in [0.2, 0.25) is 0 Å². The Morgan fingerprint density at radius 1 is 1.00 bits per heavy atom. The number of hydrogen-bond acceptors (Lipinski definition) is 2. The van der Waals surface area contributed by atoms with E-state index in [9.17, 15) is 0 Å². The predicted octanol–water partition coefficient (Wildman–Crippen LogP) is 1.73. The Morgan fingerprint density at radius 2 is 1.50 bits per heavy atom. The second kappa shape index (κ2) is 24.8. The summed E-state index contributed by atoms with van der Waals surface area (Å²) in [6.07, 6.45) is 0. The van der Waals surface area contributed by atoms with Crippen molar-refractivity contribution >= 4 is 0 Å². The van der Waals surface area contributed by atoms with E-state index in [1.807, 2.05) is 24.3 Å². The molecule has 5 nitrogen and oxygen atoms in total. The van der Waals surface area contributed by atoms with Crippen molar-refractivity contribution in [3.05, 3.63) is 49.8 Å². The van der Waals surface area contributed by atoms with E-state index in [1.165, 1.54) is 0 Å². The molecule has 0 radical (unpaired) electrons. The largest absolute Gasteiger partial charge is 0 e. The van der Waals surface area contributed by atoms with Crippen molar-refractivity contribution in [3.8, 4) is 5.75 Å². The molecule has 0 spiro atoms. The first-order chi connectivity index (χ1) is 8.36. The molecular formula is C12H12CrO5. The average molecular weight is 288 g/mol. The van der Waals surface area contributed by atoms with Crippen LogP contribution in [0, 0.1) is 20.0 Å². The molecule has 0 saturated carbocycles. The molecule has 0 N–H and O–H groups in total. The van der Waals surface area contributed by atoms with Crippen molar-refractivity contribution in [1.82, 2.24) is 0 Å². The van der Waals surface area contributed by atoms with Gasteiger partial charge in [0.25, 0.3) is 0 Å². The molecule has 0 fully saturated rings. The molecule has 96 valence electrons. The van der Waals surface area contributed by atoms with Gasteiger partial charge in [0.1, 0.15) is 5.75 Å². The Hall–Kier alpha value is -1.27. The van der Waals surface area contributed by atoms with Gasteiger partial charge < -0.3 is 9.47 Å². The molecule has 0 aliphatic rings. The maximum absolute atomic E-state index is 7.50. The molecule has 0 atom stereocenters. The van der Waals surface area contributed by atoms with Crippen LogP contribution in [0.15, 0.2) is 24.3 Å². The fraction of sp³-hybridized carbons (Fsp3) is 0.250. The molecule has 1 aromatic carbocycles. The van der Waals surface area contributed by atoms with Crippen LogP contribution in [0.4, 0.5) is 0 Å². The summed E-state index contributed by atoms with van der Waals surface area (Å²) in [7, 11) is 3.34. The Bertz CT molecular complexity index is 318. The van der Waals surface area contributed by atoms with E-state index >= 15 is 0 Å². The van der Waals surface area contributed by atoms with Gasteiger partial charge in [-0.3, -0.25) is 0 Å².